The zero-order valence-electron chi connectivity index (χ0n) is 45.6. The third-order valence-corrected chi connectivity index (χ3v) is 15.0. The number of benzene rings is 1. The number of rotatable bonds is 15. The molecule has 3 aliphatic rings. The van der Waals surface area contributed by atoms with Crippen molar-refractivity contribution in [2.24, 2.45) is 29.4 Å². The second-order valence-electron chi connectivity index (χ2n) is 21.5. The molecule has 2 aliphatic heterocycles. The Balaban J connectivity index is 1.57. The van der Waals surface area contributed by atoms with Crippen LogP contribution >= 0.6 is 11.8 Å². The molecule has 1 fully saturated rings. The van der Waals surface area contributed by atoms with E-state index in [9.17, 15) is 63.3 Å². The zero-order chi connectivity index (χ0) is 58.1. The highest BCUT2D eigenvalue weighted by Gasteiger charge is 2.46. The zero-order valence-corrected chi connectivity index (χ0v) is 46.4. The fourth-order valence-electron chi connectivity index (χ4n) is 9.04. The van der Waals surface area contributed by atoms with Crippen LogP contribution in [0.15, 0.2) is 23.2 Å². The summed E-state index contributed by atoms with van der Waals surface area (Å²) in [5.41, 5.74) is 5.77. The topological polar surface area (TPSA) is 400 Å². The molecule has 1 unspecified atom stereocenters. The van der Waals surface area contributed by atoms with E-state index in [0.717, 1.165) is 31.0 Å². The summed E-state index contributed by atoms with van der Waals surface area (Å²) in [4.78, 5) is 139. The molecule has 0 spiro atoms. The molecule has 2 aromatic rings. The Hall–Kier alpha value is -6.71. The van der Waals surface area contributed by atoms with Crippen molar-refractivity contribution in [2.75, 3.05) is 45.1 Å². The molecule has 11 atom stereocenters. The van der Waals surface area contributed by atoms with Crippen LogP contribution in [0.3, 0.4) is 0 Å². The maximum absolute atomic E-state index is 14.6. The van der Waals surface area contributed by atoms with Crippen molar-refractivity contribution in [1.82, 2.24) is 52.8 Å². The first kappa shape index (κ1) is 63.1. The molecule has 1 saturated carbocycles. The van der Waals surface area contributed by atoms with Crippen LogP contribution in [-0.4, -0.2) is 173 Å². The van der Waals surface area contributed by atoms with Gasteiger partial charge in [-0.2, -0.15) is 0 Å². The van der Waals surface area contributed by atoms with Gasteiger partial charge in [-0.1, -0.05) is 40.0 Å². The van der Waals surface area contributed by atoms with E-state index in [4.69, 9.17) is 15.2 Å². The first-order chi connectivity index (χ1) is 37.4. The number of aliphatic hydroxyl groups is 3. The molecule has 1 aromatic carbocycles. The van der Waals surface area contributed by atoms with Gasteiger partial charge in [-0.15, -0.1) is 11.8 Å². The summed E-state index contributed by atoms with van der Waals surface area (Å²) >= 11 is 0.986. The predicted octanol–water partition coefficient (Wildman–Crippen LogP) is -1.64. The molecule has 5 rings (SSSR count). The van der Waals surface area contributed by atoms with E-state index < -0.39 is 157 Å². The number of nitrogens with two attached hydrogens (primary N) is 1. The molecule has 26 nitrogen and oxygen atoms in total. The number of primary amides is 1. The van der Waals surface area contributed by atoms with Crippen LogP contribution in [0.5, 0.6) is 5.75 Å². The summed E-state index contributed by atoms with van der Waals surface area (Å²) in [7, 11) is 0. The van der Waals surface area contributed by atoms with E-state index in [0.29, 0.717) is 53.2 Å². The molecular weight excluding hydrogens is 1050 g/mol. The van der Waals surface area contributed by atoms with Gasteiger partial charge in [-0.05, 0) is 76.0 Å². The van der Waals surface area contributed by atoms with E-state index in [2.05, 4.69) is 52.8 Å². The van der Waals surface area contributed by atoms with Crippen LogP contribution in [-0.2, 0) is 54.3 Å². The Bertz CT molecular complexity index is 2520. The van der Waals surface area contributed by atoms with Gasteiger partial charge in [0.2, 0.25) is 53.2 Å². The van der Waals surface area contributed by atoms with Gasteiger partial charge in [-0.3, -0.25) is 43.2 Å². The van der Waals surface area contributed by atoms with Crippen molar-refractivity contribution in [3.63, 3.8) is 0 Å². The first-order valence-corrected chi connectivity index (χ1v) is 27.8. The number of H-pyrrole nitrogens is 1. The van der Waals surface area contributed by atoms with E-state index in [-0.39, 0.29) is 31.6 Å². The molecule has 438 valence electrons. The Morgan fingerprint density at radius 1 is 0.810 bits per heavy atom. The highest BCUT2D eigenvalue weighted by Crippen LogP contribution is 2.42. The highest BCUT2D eigenvalue weighted by atomic mass is 32.2. The monoisotopic (exact) mass is 1130 g/mol. The fraction of sp³-hybridized carbons (Fsp3) is 0.654. The average molecular weight is 1130 g/mol. The van der Waals surface area contributed by atoms with Crippen LogP contribution in [0.1, 0.15) is 98.5 Å². The van der Waals surface area contributed by atoms with Gasteiger partial charge in [0.25, 0.3) is 0 Å². The number of hydrogen-bond donors (Lipinski definition) is 14. The number of β-amino-alcohol motifs (C(OH)–C–C–N with tert-alkyl or cyclic N) is 1. The normalized spacial score (nSPS) is 25.6. The minimum atomic E-state index is -1.59. The van der Waals surface area contributed by atoms with E-state index in [1.165, 1.54) is 6.92 Å². The number of ether oxygens (including phenoxy) is 2. The van der Waals surface area contributed by atoms with Gasteiger partial charge in [0.05, 0.1) is 55.5 Å². The third kappa shape index (κ3) is 19.6. The van der Waals surface area contributed by atoms with Crippen LogP contribution in [0.25, 0.3) is 10.9 Å². The van der Waals surface area contributed by atoms with Crippen LogP contribution in [0, 0.1) is 23.7 Å². The molecule has 3 heterocycles. The lowest BCUT2D eigenvalue weighted by atomic mass is 9.94. The number of amides is 10. The number of hydrogen-bond acceptors (Lipinski definition) is 16. The summed E-state index contributed by atoms with van der Waals surface area (Å²) < 4.78 is 11.4. The summed E-state index contributed by atoms with van der Waals surface area (Å²) in [5, 5.41) is 55.9. The van der Waals surface area contributed by atoms with Crippen LogP contribution in [0.4, 0.5) is 4.79 Å². The van der Waals surface area contributed by atoms with Gasteiger partial charge in [0.1, 0.15) is 41.6 Å². The fourth-order valence-corrected chi connectivity index (χ4v) is 10.2. The number of nitrogens with one attached hydrogen (secondary N) is 10. The molecule has 1 aromatic heterocycles. The van der Waals surface area contributed by atoms with Crippen molar-refractivity contribution < 1.29 is 72.7 Å². The molecule has 0 saturated heterocycles. The number of thioether (sulfide) groups is 1. The molecular formula is C52H79N11O15S. The number of unbranched alkanes of at least 4 members (excludes halogenated alkanes) is 3. The highest BCUT2D eigenvalue weighted by molar-refractivity contribution is 7.99. The lowest BCUT2D eigenvalue weighted by molar-refractivity contribution is -0.135. The van der Waals surface area contributed by atoms with Gasteiger partial charge in [-0.25, -0.2) is 4.79 Å². The van der Waals surface area contributed by atoms with Gasteiger partial charge < -0.3 is 83.4 Å². The molecule has 27 heteroatoms. The maximum Gasteiger partial charge on any atom is 0.407 e. The number of carbonyl (C=O) groups excluding carboxylic acids is 10. The third-order valence-electron chi connectivity index (χ3n) is 13.9. The molecule has 0 radical (unpaired) electrons. The molecule has 79 heavy (non-hydrogen) atoms. The van der Waals surface area contributed by atoms with Crippen molar-refractivity contribution in [3.05, 3.63) is 23.8 Å². The van der Waals surface area contributed by atoms with Gasteiger partial charge in [0, 0.05) is 48.6 Å². The Kier molecular flexibility index (Phi) is 23.6. The second kappa shape index (κ2) is 29.5. The van der Waals surface area contributed by atoms with E-state index in [1.807, 2.05) is 0 Å². The molecule has 2 bridgehead atoms. The predicted molar refractivity (Wildman–Crippen MR) is 287 cm³/mol. The van der Waals surface area contributed by atoms with Gasteiger partial charge >= 0.3 is 6.09 Å². The number of fused-ring (bicyclic) bond motifs is 5. The minimum absolute atomic E-state index is 0.00522. The number of carbonyl (C=O) groups is 10. The summed E-state index contributed by atoms with van der Waals surface area (Å²) in [6, 6.07) is -2.29. The largest absolute Gasteiger partial charge is 0.494 e. The van der Waals surface area contributed by atoms with E-state index in [1.54, 1.807) is 52.8 Å². The quantitative estimate of drug-likeness (QED) is 0.0890. The van der Waals surface area contributed by atoms with Crippen LogP contribution < -0.4 is 58.3 Å². The standard InChI is InChI=1S/C52H79N11O15S/c1-7-26(2)42-48(74)57-22-40(68)58-37-25-79-50-33(31-13-12-30(18-34(31)61-50)77-15-11-9-8-10-14-54-51(76)78-52(4,5)6)19-35(45(71)56-23-41(69)62-42)60-49(75)43(27(3)38(66)24-64)63-44(70)32-17-28(32)16-29(65)21-55-46(72)36(20-39(53)67)59-47(37)73/h12-13,18,26-29,32,35-38,42-43,61,64-66H,7-11,14-17,19-25H2,1-6H3,(H2,53,67)(H,54,76)(H,55,72)(H,56,71)(H,57,74)(H,58,68)(H,59,73)(H,60,75)(H,62,69)(H,63,70)/t26-,27-,28+,29+,32?,35+,36-,37-,38-,42-,43-/m0/s1. The SMILES string of the molecule is CC[C@H](C)[C@@H]1NC(=O)CNC(=O)[C@H]2Cc3c([nH]c4cc(OCCCCCCNC(=O)OC(C)(C)C)ccc34)SC[C@H](NC(=O)CNC1=O)C(=O)N[C@@H](CC(N)=O)C(=O)NC[C@H](O)C[C@@H]1CC1C(=O)N[C@@H]([C@@H](C)[C@@H](O)CO)C(=O)N2. The summed E-state index contributed by atoms with van der Waals surface area (Å²) in [5.74, 6) is -10.3. The number of aromatic amines is 1. The Morgan fingerprint density at radius 3 is 2.19 bits per heavy atom. The Morgan fingerprint density at radius 2 is 1.51 bits per heavy atom. The van der Waals surface area contributed by atoms with Crippen LogP contribution in [0.2, 0.25) is 0 Å². The molecule has 10 amide bonds. The average Bonchev–Trinajstić information content (AvgIpc) is 4.14. The Labute approximate surface area is 462 Å². The van der Waals surface area contributed by atoms with Crippen molar-refractivity contribution in [2.45, 2.75) is 152 Å². The molecule has 1 aliphatic carbocycles. The smallest absolute Gasteiger partial charge is 0.407 e. The number of alkyl carbamates (subject to hydrolysis) is 1. The lowest BCUT2D eigenvalue weighted by Gasteiger charge is -2.29. The van der Waals surface area contributed by atoms with Crippen molar-refractivity contribution in [1.29, 1.82) is 0 Å². The lowest BCUT2D eigenvalue weighted by Crippen LogP contribution is -2.59. The summed E-state index contributed by atoms with van der Waals surface area (Å²) in [6.45, 7) is 8.48. The number of aliphatic hydroxyl groups excluding tert-OH is 3. The minimum Gasteiger partial charge on any atom is -0.494 e. The van der Waals surface area contributed by atoms with Crippen molar-refractivity contribution >= 4 is 81.9 Å². The van der Waals surface area contributed by atoms with Crippen molar-refractivity contribution in [3.8, 4) is 5.75 Å². The molecule has 15 N–H and O–H groups in total. The van der Waals surface area contributed by atoms with E-state index >= 15 is 0 Å². The number of aromatic nitrogens is 1. The first-order valence-electron chi connectivity index (χ1n) is 26.8. The second-order valence-corrected chi connectivity index (χ2v) is 22.5. The summed E-state index contributed by atoms with van der Waals surface area (Å²) in [6.07, 6.45) is -0.590. The maximum atomic E-state index is 14.6. The van der Waals surface area contributed by atoms with Gasteiger partial charge in [0.15, 0.2) is 0 Å².